The highest BCUT2D eigenvalue weighted by molar-refractivity contribution is 6.06. The molecule has 228 valence electrons. The SMILES string of the molecule is CC1(C)c2cc(-c3ccc4ccccc4c3)ccc2-c2ccc(N(c3ccccc3)c3ccc(-c4ccccc4)c4ccccc34)cc21. The van der Waals surface area contributed by atoms with Gasteiger partial charge in [-0.05, 0) is 103 Å². The summed E-state index contributed by atoms with van der Waals surface area (Å²) in [5, 5.41) is 5.02. The van der Waals surface area contributed by atoms with Crippen LogP contribution < -0.4 is 4.90 Å². The molecule has 0 radical (unpaired) electrons. The van der Waals surface area contributed by atoms with E-state index in [4.69, 9.17) is 0 Å². The van der Waals surface area contributed by atoms with Crippen LogP contribution in [0.2, 0.25) is 0 Å². The highest BCUT2D eigenvalue weighted by Gasteiger charge is 2.36. The zero-order valence-electron chi connectivity index (χ0n) is 27.2. The lowest BCUT2D eigenvalue weighted by molar-refractivity contribution is 0.660. The number of hydrogen-bond acceptors (Lipinski definition) is 1. The summed E-state index contributed by atoms with van der Waals surface area (Å²) in [4.78, 5) is 2.43. The Balaban J connectivity index is 1.18. The molecule has 0 N–H and O–H groups in total. The molecule has 1 aliphatic carbocycles. The van der Waals surface area contributed by atoms with Crippen molar-refractivity contribution in [2.75, 3.05) is 4.90 Å². The predicted octanol–water partition coefficient (Wildman–Crippen LogP) is 13.1. The van der Waals surface area contributed by atoms with E-state index in [0.29, 0.717) is 0 Å². The molecule has 8 aromatic carbocycles. The quantitative estimate of drug-likeness (QED) is 0.187. The average Bonchev–Trinajstić information content (AvgIpc) is 3.37. The molecule has 1 aliphatic rings. The first-order valence-electron chi connectivity index (χ1n) is 16.8. The monoisotopic (exact) mass is 613 g/mol. The topological polar surface area (TPSA) is 3.24 Å². The van der Waals surface area contributed by atoms with E-state index in [1.165, 1.54) is 71.7 Å². The molecule has 0 fully saturated rings. The van der Waals surface area contributed by atoms with Crippen molar-refractivity contribution < 1.29 is 0 Å². The van der Waals surface area contributed by atoms with Crippen molar-refractivity contribution in [3.8, 4) is 33.4 Å². The first-order chi connectivity index (χ1) is 23.6. The highest BCUT2D eigenvalue weighted by Crippen LogP contribution is 2.52. The van der Waals surface area contributed by atoms with Crippen molar-refractivity contribution in [1.29, 1.82) is 0 Å². The van der Waals surface area contributed by atoms with Crippen molar-refractivity contribution in [2.24, 2.45) is 0 Å². The summed E-state index contributed by atoms with van der Waals surface area (Å²) in [6.07, 6.45) is 0. The van der Waals surface area contributed by atoms with Crippen LogP contribution in [-0.4, -0.2) is 0 Å². The van der Waals surface area contributed by atoms with E-state index in [9.17, 15) is 0 Å². The second kappa shape index (κ2) is 11.1. The Labute approximate surface area is 282 Å². The lowest BCUT2D eigenvalue weighted by Gasteiger charge is -2.29. The van der Waals surface area contributed by atoms with Crippen LogP contribution in [0.15, 0.2) is 176 Å². The lowest BCUT2D eigenvalue weighted by atomic mass is 9.81. The summed E-state index contributed by atoms with van der Waals surface area (Å²) >= 11 is 0. The largest absolute Gasteiger partial charge is 0.310 e. The minimum atomic E-state index is -0.158. The van der Waals surface area contributed by atoms with E-state index >= 15 is 0 Å². The van der Waals surface area contributed by atoms with Gasteiger partial charge in [-0.2, -0.15) is 0 Å². The van der Waals surface area contributed by atoms with Crippen LogP contribution in [0.3, 0.4) is 0 Å². The van der Waals surface area contributed by atoms with E-state index in [0.717, 1.165) is 11.4 Å². The maximum atomic E-state index is 2.43. The molecule has 0 spiro atoms. The lowest BCUT2D eigenvalue weighted by Crippen LogP contribution is -2.17. The molecule has 0 saturated carbocycles. The van der Waals surface area contributed by atoms with Gasteiger partial charge in [0.25, 0.3) is 0 Å². The van der Waals surface area contributed by atoms with Crippen molar-refractivity contribution >= 4 is 38.6 Å². The second-order valence-electron chi connectivity index (χ2n) is 13.4. The van der Waals surface area contributed by atoms with Crippen LogP contribution in [0.5, 0.6) is 0 Å². The number of hydrogen-bond donors (Lipinski definition) is 0. The fourth-order valence-corrected chi connectivity index (χ4v) is 7.76. The van der Waals surface area contributed by atoms with Crippen molar-refractivity contribution in [1.82, 2.24) is 0 Å². The third-order valence-electron chi connectivity index (χ3n) is 10.2. The van der Waals surface area contributed by atoms with Gasteiger partial charge in [-0.25, -0.2) is 0 Å². The second-order valence-corrected chi connectivity index (χ2v) is 13.4. The molecule has 0 saturated heterocycles. The summed E-state index contributed by atoms with van der Waals surface area (Å²) in [6, 6.07) is 64.4. The first-order valence-corrected chi connectivity index (χ1v) is 16.8. The third-order valence-corrected chi connectivity index (χ3v) is 10.2. The van der Waals surface area contributed by atoms with E-state index < -0.39 is 0 Å². The smallest absolute Gasteiger partial charge is 0.0540 e. The van der Waals surface area contributed by atoms with Gasteiger partial charge in [-0.15, -0.1) is 0 Å². The number of benzene rings is 8. The van der Waals surface area contributed by atoms with E-state index in [2.05, 4.69) is 195 Å². The van der Waals surface area contributed by atoms with Crippen LogP contribution in [0.25, 0.3) is 54.9 Å². The molecule has 0 bridgehead atoms. The summed E-state index contributed by atoms with van der Waals surface area (Å²) in [6.45, 7) is 4.76. The molecule has 0 aromatic heterocycles. The Hall–Kier alpha value is -5.92. The molecule has 1 heteroatoms. The van der Waals surface area contributed by atoms with Crippen LogP contribution >= 0.6 is 0 Å². The highest BCUT2D eigenvalue weighted by atomic mass is 15.1. The number of para-hydroxylation sites is 1. The van der Waals surface area contributed by atoms with Gasteiger partial charge in [0.15, 0.2) is 0 Å². The van der Waals surface area contributed by atoms with Crippen LogP contribution in [0.4, 0.5) is 17.1 Å². The zero-order valence-corrected chi connectivity index (χ0v) is 27.2. The maximum Gasteiger partial charge on any atom is 0.0540 e. The zero-order chi connectivity index (χ0) is 32.2. The van der Waals surface area contributed by atoms with E-state index in [-0.39, 0.29) is 5.41 Å². The minimum Gasteiger partial charge on any atom is -0.310 e. The Kier molecular flexibility index (Phi) is 6.55. The van der Waals surface area contributed by atoms with Crippen LogP contribution in [0, 0.1) is 0 Å². The predicted molar refractivity (Wildman–Crippen MR) is 205 cm³/mol. The average molecular weight is 614 g/mol. The van der Waals surface area contributed by atoms with Crippen molar-refractivity contribution in [2.45, 2.75) is 19.3 Å². The molecule has 9 rings (SSSR count). The number of fused-ring (bicyclic) bond motifs is 5. The van der Waals surface area contributed by atoms with Gasteiger partial charge in [0, 0.05) is 22.2 Å². The van der Waals surface area contributed by atoms with Gasteiger partial charge in [0.2, 0.25) is 0 Å². The summed E-state index contributed by atoms with van der Waals surface area (Å²) < 4.78 is 0. The van der Waals surface area contributed by atoms with Crippen molar-refractivity contribution in [3.05, 3.63) is 187 Å². The molecule has 0 heterocycles. The third kappa shape index (κ3) is 4.54. The molecular weight excluding hydrogens is 579 g/mol. The van der Waals surface area contributed by atoms with Gasteiger partial charge in [0.1, 0.15) is 0 Å². The summed E-state index contributed by atoms with van der Waals surface area (Å²) in [7, 11) is 0. The number of rotatable bonds is 5. The first kappa shape index (κ1) is 28.3. The molecule has 0 amide bonds. The van der Waals surface area contributed by atoms with Gasteiger partial charge >= 0.3 is 0 Å². The van der Waals surface area contributed by atoms with Crippen LogP contribution in [0.1, 0.15) is 25.0 Å². The van der Waals surface area contributed by atoms with Gasteiger partial charge in [-0.3, -0.25) is 0 Å². The molecule has 1 nitrogen and oxygen atoms in total. The molecule has 8 aromatic rings. The normalized spacial score (nSPS) is 13.0. The molecule has 0 atom stereocenters. The standard InChI is InChI=1S/C47H35N/c1-47(2)44-30-36(35-22-21-32-13-9-10-16-34(32)29-35)23-25-41(44)42-26-24-38(31-45(42)47)48(37-17-7-4-8-18-37)46-28-27-39(33-14-5-3-6-15-33)40-19-11-12-20-43(40)46/h3-31H,1-2H3. The van der Waals surface area contributed by atoms with E-state index in [1.54, 1.807) is 0 Å². The van der Waals surface area contributed by atoms with Gasteiger partial charge < -0.3 is 4.90 Å². The van der Waals surface area contributed by atoms with Gasteiger partial charge in [0.05, 0.1) is 5.69 Å². The van der Waals surface area contributed by atoms with Crippen molar-refractivity contribution in [3.63, 3.8) is 0 Å². The molecular formula is C47H35N. The molecule has 0 aliphatic heterocycles. The molecule has 0 unspecified atom stereocenters. The number of nitrogens with zero attached hydrogens (tertiary/aromatic N) is 1. The fourth-order valence-electron chi connectivity index (χ4n) is 7.76. The summed E-state index contributed by atoms with van der Waals surface area (Å²) in [5.41, 5.74) is 13.7. The Bertz CT molecular complexity index is 2470. The van der Waals surface area contributed by atoms with Crippen LogP contribution in [-0.2, 0) is 5.41 Å². The fraction of sp³-hybridized carbons (Fsp3) is 0.0638. The maximum absolute atomic E-state index is 2.43. The summed E-state index contributed by atoms with van der Waals surface area (Å²) in [5.74, 6) is 0. The van der Waals surface area contributed by atoms with E-state index in [1.807, 2.05) is 0 Å². The minimum absolute atomic E-state index is 0.158. The Morgan fingerprint density at radius 2 is 0.958 bits per heavy atom. The van der Waals surface area contributed by atoms with Gasteiger partial charge in [-0.1, -0.05) is 147 Å². The number of anilines is 3. The Morgan fingerprint density at radius 3 is 1.75 bits per heavy atom. The molecule has 48 heavy (non-hydrogen) atoms. The Morgan fingerprint density at radius 1 is 0.375 bits per heavy atom.